The molecule has 2 atom stereocenters. The van der Waals surface area contributed by atoms with Gasteiger partial charge in [0.15, 0.2) is 27.3 Å². The number of nitrogens with one attached hydrogen (secondary N) is 2. The highest BCUT2D eigenvalue weighted by Gasteiger charge is 2.50. The Morgan fingerprint density at radius 1 is 1.06 bits per heavy atom. The van der Waals surface area contributed by atoms with E-state index in [0.717, 1.165) is 18.7 Å². The third kappa shape index (κ3) is 4.33. The minimum Gasteiger partial charge on any atom is -0.348 e. The number of hydrogen-bond acceptors (Lipinski definition) is 4. The topological polar surface area (TPSA) is 91.9 Å². The Bertz CT molecular complexity index is 1360. The molecule has 1 amide bonds. The van der Waals surface area contributed by atoms with Crippen molar-refractivity contribution in [2.75, 3.05) is 5.32 Å². The number of carbonyl (C=O) groups is 1. The summed E-state index contributed by atoms with van der Waals surface area (Å²) < 4.78 is 67.7. The van der Waals surface area contributed by atoms with Gasteiger partial charge in [0.05, 0.1) is 15.2 Å². The maximum Gasteiger partial charge on any atom is 0.255 e. The van der Waals surface area contributed by atoms with Crippen LogP contribution in [0.25, 0.3) is 0 Å². The van der Waals surface area contributed by atoms with Crippen LogP contribution >= 0.6 is 11.6 Å². The summed E-state index contributed by atoms with van der Waals surface area (Å²) in [6.07, 6.45) is 6.38. The molecule has 1 heterocycles. The van der Waals surface area contributed by atoms with Gasteiger partial charge in [-0.25, -0.2) is 26.6 Å². The molecule has 0 aliphatic heterocycles. The summed E-state index contributed by atoms with van der Waals surface area (Å²) in [5, 5.41) is 1.64. The van der Waals surface area contributed by atoms with Gasteiger partial charge in [-0.15, -0.1) is 0 Å². The minimum absolute atomic E-state index is 0.00650. The molecule has 0 saturated heterocycles. The number of benzene rings is 2. The third-order valence-electron chi connectivity index (χ3n) is 7.02. The van der Waals surface area contributed by atoms with E-state index in [4.69, 9.17) is 11.6 Å². The van der Waals surface area contributed by atoms with E-state index in [0.29, 0.717) is 25.0 Å². The van der Waals surface area contributed by atoms with Crippen LogP contribution in [0, 0.1) is 29.3 Å². The van der Waals surface area contributed by atoms with Crippen LogP contribution in [0.1, 0.15) is 47.8 Å². The fourth-order valence-electron chi connectivity index (χ4n) is 5.54. The number of fused-ring (bicyclic) bond motifs is 2. The number of nitrogens with zero attached hydrogens (tertiary/aromatic N) is 1. The highest BCUT2D eigenvalue weighted by atomic mass is 35.5. The molecule has 2 unspecified atom stereocenters. The Morgan fingerprint density at radius 3 is 2.31 bits per heavy atom. The molecule has 3 aromatic rings. The number of aromatic nitrogens is 2. The smallest absolute Gasteiger partial charge is 0.255 e. The van der Waals surface area contributed by atoms with E-state index in [1.54, 1.807) is 12.4 Å². The molecule has 35 heavy (non-hydrogen) atoms. The molecule has 184 valence electrons. The molecular weight excluding hydrogens is 503 g/mol. The zero-order valence-electron chi connectivity index (χ0n) is 18.3. The standard InChI is InChI=1S/C24H21ClF3N3O3S/c25-17-4-3-14(24(32)31-16-10-18(26)21(28)19(27)11-16)9-20(17)35(33,34)22-12-1-2-13(22)8-15(7-12)23-29-5-6-30-23/h3-6,9-13,15,22H,1-2,7-8H2,(H,29,30)(H,31,32)/t12?,13?,15-,22-. The summed E-state index contributed by atoms with van der Waals surface area (Å²) in [5.41, 5.74) is -0.366. The third-order valence-corrected chi connectivity index (χ3v) is 9.90. The van der Waals surface area contributed by atoms with Crippen molar-refractivity contribution in [3.05, 3.63) is 76.6 Å². The number of amides is 1. The lowest BCUT2D eigenvalue weighted by molar-refractivity contribution is 0.102. The van der Waals surface area contributed by atoms with E-state index in [2.05, 4.69) is 15.3 Å². The molecule has 2 bridgehead atoms. The molecule has 0 spiro atoms. The van der Waals surface area contributed by atoms with Crippen LogP contribution in [0.5, 0.6) is 0 Å². The van der Waals surface area contributed by atoms with Gasteiger partial charge < -0.3 is 10.3 Å². The van der Waals surface area contributed by atoms with Gasteiger partial charge in [-0.1, -0.05) is 11.6 Å². The molecule has 2 fully saturated rings. The average molecular weight is 524 g/mol. The predicted molar refractivity (Wildman–Crippen MR) is 123 cm³/mol. The van der Waals surface area contributed by atoms with Crippen molar-refractivity contribution in [1.82, 2.24) is 9.97 Å². The second kappa shape index (κ2) is 8.98. The monoisotopic (exact) mass is 523 g/mol. The number of carbonyl (C=O) groups excluding carboxylic acids is 1. The van der Waals surface area contributed by atoms with Crippen molar-refractivity contribution in [1.29, 1.82) is 0 Å². The van der Waals surface area contributed by atoms with Crippen molar-refractivity contribution >= 4 is 33.0 Å². The first-order valence-corrected chi connectivity index (χ1v) is 13.1. The van der Waals surface area contributed by atoms with Gasteiger partial charge in [-0.3, -0.25) is 4.79 Å². The fourth-order valence-corrected chi connectivity index (χ4v) is 8.42. The molecule has 0 radical (unpaired) electrons. The molecule has 2 aliphatic rings. The fraction of sp³-hybridized carbons (Fsp3) is 0.333. The van der Waals surface area contributed by atoms with Crippen LogP contribution in [0.4, 0.5) is 18.9 Å². The van der Waals surface area contributed by atoms with Gasteiger partial charge in [0.25, 0.3) is 5.91 Å². The maximum absolute atomic E-state index is 13.7. The number of rotatable bonds is 5. The summed E-state index contributed by atoms with van der Waals surface area (Å²) in [5.74, 6) is -4.48. The number of aromatic amines is 1. The number of imidazole rings is 1. The van der Waals surface area contributed by atoms with E-state index in [1.807, 2.05) is 0 Å². The van der Waals surface area contributed by atoms with Crippen molar-refractivity contribution in [2.45, 2.75) is 41.7 Å². The molecule has 2 aliphatic carbocycles. The molecule has 2 N–H and O–H groups in total. The highest BCUT2D eigenvalue weighted by Crippen LogP contribution is 2.52. The van der Waals surface area contributed by atoms with Crippen LogP contribution in [0.15, 0.2) is 47.6 Å². The molecule has 2 aromatic carbocycles. The first kappa shape index (κ1) is 23.9. The largest absolute Gasteiger partial charge is 0.348 e. The molecule has 11 heteroatoms. The van der Waals surface area contributed by atoms with E-state index < -0.39 is 38.4 Å². The lowest BCUT2D eigenvalue weighted by atomic mass is 9.80. The van der Waals surface area contributed by atoms with Crippen molar-refractivity contribution in [3.8, 4) is 0 Å². The number of halogens is 4. The van der Waals surface area contributed by atoms with E-state index in [1.165, 1.54) is 18.2 Å². The number of hydrogen-bond donors (Lipinski definition) is 2. The van der Waals surface area contributed by atoms with Crippen LogP contribution < -0.4 is 5.32 Å². The van der Waals surface area contributed by atoms with Crippen LogP contribution in [0.3, 0.4) is 0 Å². The van der Waals surface area contributed by atoms with Crippen LogP contribution in [-0.2, 0) is 9.84 Å². The summed E-state index contributed by atoms with van der Waals surface area (Å²) in [4.78, 5) is 20.0. The Balaban J connectivity index is 1.41. The SMILES string of the molecule is O=C(Nc1cc(F)c(F)c(F)c1)c1ccc(Cl)c(S(=O)(=O)[C@H]2C3CCC2C[C@@H](c2ncc[nH]2)C3)c1. The second-order valence-electron chi connectivity index (χ2n) is 9.10. The maximum atomic E-state index is 13.7. The van der Waals surface area contributed by atoms with Gasteiger partial charge in [0.2, 0.25) is 0 Å². The molecular formula is C24H21ClF3N3O3S. The van der Waals surface area contributed by atoms with Crippen molar-refractivity contribution < 1.29 is 26.4 Å². The molecule has 2 saturated carbocycles. The van der Waals surface area contributed by atoms with Gasteiger partial charge in [0.1, 0.15) is 5.82 Å². The normalized spacial score (nSPS) is 23.9. The van der Waals surface area contributed by atoms with E-state index in [-0.39, 0.29) is 38.9 Å². The summed E-state index contributed by atoms with van der Waals surface area (Å²) in [6.45, 7) is 0. The lowest BCUT2D eigenvalue weighted by Crippen LogP contribution is -2.37. The Hall–Kier alpha value is -2.85. The van der Waals surface area contributed by atoms with Crippen LogP contribution in [-0.4, -0.2) is 29.5 Å². The zero-order valence-corrected chi connectivity index (χ0v) is 19.8. The average Bonchev–Trinajstić information content (AvgIpc) is 3.44. The number of anilines is 1. The van der Waals surface area contributed by atoms with Crippen LogP contribution in [0.2, 0.25) is 5.02 Å². The van der Waals surface area contributed by atoms with E-state index >= 15 is 0 Å². The second-order valence-corrected chi connectivity index (χ2v) is 11.6. The molecule has 6 nitrogen and oxygen atoms in total. The van der Waals surface area contributed by atoms with Crippen molar-refractivity contribution in [3.63, 3.8) is 0 Å². The zero-order chi connectivity index (χ0) is 24.9. The number of H-pyrrole nitrogens is 1. The summed E-state index contributed by atoms with van der Waals surface area (Å²) >= 11 is 6.28. The minimum atomic E-state index is -3.88. The predicted octanol–water partition coefficient (Wildman–Crippen LogP) is 5.48. The number of sulfone groups is 1. The Morgan fingerprint density at radius 2 is 1.71 bits per heavy atom. The molecule has 1 aromatic heterocycles. The van der Waals surface area contributed by atoms with Gasteiger partial charge in [-0.2, -0.15) is 0 Å². The lowest BCUT2D eigenvalue weighted by Gasteiger charge is -2.34. The Labute approximate surface area is 204 Å². The van der Waals surface area contributed by atoms with E-state index in [9.17, 15) is 26.4 Å². The van der Waals surface area contributed by atoms with Gasteiger partial charge in [0, 0.05) is 41.7 Å². The quantitative estimate of drug-likeness (QED) is 0.433. The van der Waals surface area contributed by atoms with Gasteiger partial charge >= 0.3 is 0 Å². The Kier molecular flexibility index (Phi) is 6.13. The summed E-state index contributed by atoms with van der Waals surface area (Å²) in [7, 11) is -3.88. The molecule has 5 rings (SSSR count). The summed E-state index contributed by atoms with van der Waals surface area (Å²) in [6, 6.07) is 5.08. The highest BCUT2D eigenvalue weighted by molar-refractivity contribution is 7.92. The van der Waals surface area contributed by atoms with Gasteiger partial charge in [-0.05, 0) is 55.7 Å². The first-order valence-electron chi connectivity index (χ1n) is 11.1. The first-order chi connectivity index (χ1) is 16.6. The van der Waals surface area contributed by atoms with Crippen molar-refractivity contribution in [2.24, 2.45) is 11.8 Å².